The molecule has 0 saturated heterocycles. The fourth-order valence-electron chi connectivity index (χ4n) is 2.33. The monoisotopic (exact) mass is 374 g/mol. The first-order valence-corrected chi connectivity index (χ1v) is 9.27. The first-order chi connectivity index (χ1) is 12.5. The van der Waals surface area contributed by atoms with Crippen LogP contribution in [-0.4, -0.2) is 30.3 Å². The molecule has 26 heavy (non-hydrogen) atoms. The molecule has 5 nitrogen and oxygen atoms in total. The molecule has 0 saturated carbocycles. The lowest BCUT2D eigenvalue weighted by Gasteiger charge is -2.09. The number of benzene rings is 2. The van der Waals surface area contributed by atoms with Gasteiger partial charge in [0, 0.05) is 16.2 Å². The summed E-state index contributed by atoms with van der Waals surface area (Å²) in [4.78, 5) is 25.1. The van der Waals surface area contributed by atoms with Gasteiger partial charge in [-0.25, -0.2) is 4.79 Å². The van der Waals surface area contributed by atoms with Gasteiger partial charge >= 0.3 is 11.9 Å². The van der Waals surface area contributed by atoms with E-state index >= 15 is 0 Å². The van der Waals surface area contributed by atoms with Gasteiger partial charge < -0.3 is 14.6 Å². The van der Waals surface area contributed by atoms with Crippen LogP contribution in [0.25, 0.3) is 0 Å². The number of aromatic hydroxyl groups is 1. The first kappa shape index (κ1) is 19.8. The van der Waals surface area contributed by atoms with Gasteiger partial charge in [-0.15, -0.1) is 0 Å². The molecule has 0 aliphatic carbocycles. The SMILES string of the molecule is CCOC(=O)CCc1cc(Sc2cccc(C(=O)OCC)c2)ccc1O. The maximum absolute atomic E-state index is 11.8. The van der Waals surface area contributed by atoms with Crippen LogP contribution in [0.15, 0.2) is 52.3 Å². The summed E-state index contributed by atoms with van der Waals surface area (Å²) in [6.07, 6.45) is 0.621. The number of hydrogen-bond donors (Lipinski definition) is 1. The molecule has 0 heterocycles. The summed E-state index contributed by atoms with van der Waals surface area (Å²) in [5.41, 5.74) is 1.18. The van der Waals surface area contributed by atoms with Gasteiger partial charge in [0.05, 0.1) is 18.8 Å². The van der Waals surface area contributed by atoms with Crippen LogP contribution in [-0.2, 0) is 20.7 Å². The second-order valence-corrected chi connectivity index (χ2v) is 6.59. The van der Waals surface area contributed by atoms with Gasteiger partial charge in [0.25, 0.3) is 0 Å². The summed E-state index contributed by atoms with van der Waals surface area (Å²) in [6.45, 7) is 4.21. The molecule has 2 aromatic carbocycles. The summed E-state index contributed by atoms with van der Waals surface area (Å²) in [6, 6.07) is 12.4. The number of hydrogen-bond acceptors (Lipinski definition) is 6. The standard InChI is InChI=1S/C20H22O5S/c1-3-24-19(22)11-8-14-12-17(9-10-18(14)21)26-16-7-5-6-15(13-16)20(23)25-4-2/h5-7,9-10,12-13,21H,3-4,8,11H2,1-2H3. The Morgan fingerprint density at radius 3 is 2.46 bits per heavy atom. The van der Waals surface area contributed by atoms with Crippen LogP contribution < -0.4 is 0 Å². The zero-order valence-corrected chi connectivity index (χ0v) is 15.7. The van der Waals surface area contributed by atoms with E-state index in [-0.39, 0.29) is 24.1 Å². The molecule has 0 unspecified atom stereocenters. The van der Waals surface area contributed by atoms with Crippen molar-refractivity contribution in [3.8, 4) is 5.75 Å². The third kappa shape index (κ3) is 5.81. The molecular weight excluding hydrogens is 352 g/mol. The Kier molecular flexibility index (Phi) is 7.53. The molecule has 2 aromatic rings. The highest BCUT2D eigenvalue weighted by molar-refractivity contribution is 7.99. The maximum Gasteiger partial charge on any atom is 0.338 e. The van der Waals surface area contributed by atoms with E-state index in [4.69, 9.17) is 9.47 Å². The van der Waals surface area contributed by atoms with E-state index in [9.17, 15) is 14.7 Å². The van der Waals surface area contributed by atoms with Crippen LogP contribution >= 0.6 is 11.8 Å². The van der Waals surface area contributed by atoms with Gasteiger partial charge in [0.1, 0.15) is 5.75 Å². The molecule has 1 N–H and O–H groups in total. The van der Waals surface area contributed by atoms with Gasteiger partial charge in [-0.2, -0.15) is 0 Å². The quantitative estimate of drug-likeness (QED) is 0.698. The minimum atomic E-state index is -0.351. The lowest BCUT2D eigenvalue weighted by atomic mass is 10.1. The van der Waals surface area contributed by atoms with E-state index < -0.39 is 0 Å². The molecule has 138 valence electrons. The Morgan fingerprint density at radius 1 is 1.00 bits per heavy atom. The van der Waals surface area contributed by atoms with Crippen molar-refractivity contribution in [3.63, 3.8) is 0 Å². The molecule has 0 aromatic heterocycles. The van der Waals surface area contributed by atoms with Crippen molar-refractivity contribution < 1.29 is 24.2 Å². The topological polar surface area (TPSA) is 72.8 Å². The van der Waals surface area contributed by atoms with E-state index in [1.54, 1.807) is 44.2 Å². The second-order valence-electron chi connectivity index (χ2n) is 5.45. The Bertz CT molecular complexity index is 773. The van der Waals surface area contributed by atoms with E-state index in [1.165, 1.54) is 11.8 Å². The van der Waals surface area contributed by atoms with E-state index in [2.05, 4.69) is 0 Å². The Labute approximate surface area is 157 Å². The Morgan fingerprint density at radius 2 is 1.73 bits per heavy atom. The molecule has 0 spiro atoms. The zero-order valence-electron chi connectivity index (χ0n) is 14.9. The van der Waals surface area contributed by atoms with Crippen molar-refractivity contribution in [1.82, 2.24) is 0 Å². The average Bonchev–Trinajstić information content (AvgIpc) is 2.63. The largest absolute Gasteiger partial charge is 0.508 e. The number of carbonyl (C=O) groups is 2. The summed E-state index contributed by atoms with van der Waals surface area (Å²) in [7, 11) is 0. The fourth-order valence-corrected chi connectivity index (χ4v) is 3.27. The second kappa shape index (κ2) is 9.87. The third-order valence-corrected chi connectivity index (χ3v) is 4.51. The van der Waals surface area contributed by atoms with Crippen molar-refractivity contribution in [2.24, 2.45) is 0 Å². The van der Waals surface area contributed by atoms with Crippen molar-refractivity contribution >= 4 is 23.7 Å². The summed E-state index contributed by atoms with van der Waals surface area (Å²) in [5.74, 6) is -0.484. The van der Waals surface area contributed by atoms with E-state index in [1.807, 2.05) is 12.1 Å². The van der Waals surface area contributed by atoms with Gasteiger partial charge in [0.2, 0.25) is 0 Å². The third-order valence-electron chi connectivity index (χ3n) is 3.54. The smallest absolute Gasteiger partial charge is 0.338 e. The lowest BCUT2D eigenvalue weighted by molar-refractivity contribution is -0.143. The van der Waals surface area contributed by atoms with Crippen molar-refractivity contribution in [2.45, 2.75) is 36.5 Å². The molecule has 0 aliphatic rings. The molecule has 2 rings (SSSR count). The molecule has 0 bridgehead atoms. The van der Waals surface area contributed by atoms with Gasteiger partial charge in [-0.3, -0.25) is 4.79 Å². The molecule has 0 aliphatic heterocycles. The molecule has 0 amide bonds. The fraction of sp³-hybridized carbons (Fsp3) is 0.300. The van der Waals surface area contributed by atoms with Crippen LogP contribution in [0.2, 0.25) is 0 Å². The minimum absolute atomic E-state index is 0.152. The Balaban J connectivity index is 2.10. The van der Waals surface area contributed by atoms with Crippen molar-refractivity contribution in [1.29, 1.82) is 0 Å². The lowest BCUT2D eigenvalue weighted by Crippen LogP contribution is -2.05. The summed E-state index contributed by atoms with van der Waals surface area (Å²) in [5, 5.41) is 10.00. The number of ether oxygens (including phenoxy) is 2. The molecule has 0 radical (unpaired) electrons. The predicted octanol–water partition coefficient (Wildman–Crippen LogP) is 4.22. The van der Waals surface area contributed by atoms with E-state index in [0.29, 0.717) is 30.8 Å². The van der Waals surface area contributed by atoms with Crippen molar-refractivity contribution in [3.05, 3.63) is 53.6 Å². The molecular formula is C20H22O5S. The predicted molar refractivity (Wildman–Crippen MR) is 99.6 cm³/mol. The van der Waals surface area contributed by atoms with Crippen LogP contribution in [0.5, 0.6) is 5.75 Å². The van der Waals surface area contributed by atoms with Crippen LogP contribution in [0, 0.1) is 0 Å². The molecule has 6 heteroatoms. The number of carbonyl (C=O) groups excluding carboxylic acids is 2. The number of phenols is 1. The highest BCUT2D eigenvalue weighted by Crippen LogP contribution is 2.32. The molecule has 0 atom stereocenters. The van der Waals surface area contributed by atoms with Gasteiger partial charge in [-0.1, -0.05) is 17.8 Å². The summed E-state index contributed by atoms with van der Waals surface area (Å²) >= 11 is 1.47. The first-order valence-electron chi connectivity index (χ1n) is 8.46. The van der Waals surface area contributed by atoms with E-state index in [0.717, 1.165) is 9.79 Å². The highest BCUT2D eigenvalue weighted by atomic mass is 32.2. The number of esters is 2. The van der Waals surface area contributed by atoms with Crippen molar-refractivity contribution in [2.75, 3.05) is 13.2 Å². The highest BCUT2D eigenvalue weighted by Gasteiger charge is 2.10. The number of rotatable bonds is 8. The Hall–Kier alpha value is -2.47. The van der Waals surface area contributed by atoms with Gasteiger partial charge in [-0.05, 0) is 62.2 Å². The maximum atomic E-state index is 11.8. The average molecular weight is 374 g/mol. The van der Waals surface area contributed by atoms with Crippen LogP contribution in [0.1, 0.15) is 36.2 Å². The summed E-state index contributed by atoms with van der Waals surface area (Å²) < 4.78 is 9.93. The number of aryl methyl sites for hydroxylation is 1. The van der Waals surface area contributed by atoms with Crippen LogP contribution in [0.4, 0.5) is 0 Å². The zero-order chi connectivity index (χ0) is 18.9. The molecule has 0 fully saturated rings. The minimum Gasteiger partial charge on any atom is -0.508 e. The normalized spacial score (nSPS) is 10.4. The van der Waals surface area contributed by atoms with Gasteiger partial charge in [0.15, 0.2) is 0 Å². The number of phenolic OH excluding ortho intramolecular Hbond substituents is 1. The van der Waals surface area contributed by atoms with Crippen LogP contribution in [0.3, 0.4) is 0 Å².